The summed E-state index contributed by atoms with van der Waals surface area (Å²) in [5.74, 6) is 1.11. The van der Waals surface area contributed by atoms with Crippen molar-refractivity contribution in [3.8, 4) is 0 Å². The summed E-state index contributed by atoms with van der Waals surface area (Å²) in [6.07, 6.45) is 0.956. The Morgan fingerprint density at radius 3 is 2.21 bits per heavy atom. The molecule has 1 aromatic rings. The minimum atomic E-state index is 0.149. The Balaban J connectivity index is 2.94. The molecule has 14 heavy (non-hydrogen) atoms. The molecular weight excluding hydrogens is 174 g/mol. The number of hydrogen-bond acceptors (Lipinski definition) is 3. The molecule has 0 amide bonds. The van der Waals surface area contributed by atoms with Crippen molar-refractivity contribution in [3.05, 3.63) is 23.3 Å². The molecule has 3 nitrogen and oxygen atoms in total. The van der Waals surface area contributed by atoms with Crippen LogP contribution in [-0.2, 0) is 0 Å². The van der Waals surface area contributed by atoms with Crippen molar-refractivity contribution in [1.82, 2.24) is 9.97 Å². The molecule has 0 aliphatic heterocycles. The third kappa shape index (κ3) is 2.51. The lowest BCUT2D eigenvalue weighted by molar-refractivity contribution is 0.526. The average molecular weight is 193 g/mol. The van der Waals surface area contributed by atoms with E-state index in [1.54, 1.807) is 0 Å². The van der Waals surface area contributed by atoms with E-state index in [0.717, 1.165) is 23.6 Å². The molecule has 3 heteroatoms. The third-order valence-electron chi connectivity index (χ3n) is 2.52. The molecule has 2 atom stereocenters. The van der Waals surface area contributed by atoms with Crippen molar-refractivity contribution in [3.63, 3.8) is 0 Å². The molecule has 0 radical (unpaired) electrons. The topological polar surface area (TPSA) is 51.8 Å². The maximum absolute atomic E-state index is 5.97. The van der Waals surface area contributed by atoms with Gasteiger partial charge in [0.1, 0.15) is 5.82 Å². The molecule has 0 fully saturated rings. The van der Waals surface area contributed by atoms with Gasteiger partial charge in [-0.2, -0.15) is 0 Å². The summed E-state index contributed by atoms with van der Waals surface area (Å²) in [7, 11) is 0. The van der Waals surface area contributed by atoms with Crippen LogP contribution in [0.2, 0.25) is 0 Å². The maximum atomic E-state index is 5.97. The second kappa shape index (κ2) is 4.51. The van der Waals surface area contributed by atoms with E-state index in [4.69, 9.17) is 5.73 Å². The molecule has 0 aliphatic rings. The minimum absolute atomic E-state index is 0.149. The lowest BCUT2D eigenvalue weighted by Gasteiger charge is -2.17. The van der Waals surface area contributed by atoms with Gasteiger partial charge in [-0.15, -0.1) is 0 Å². The van der Waals surface area contributed by atoms with Crippen molar-refractivity contribution >= 4 is 0 Å². The van der Waals surface area contributed by atoms with Crippen molar-refractivity contribution in [2.24, 2.45) is 5.73 Å². The van der Waals surface area contributed by atoms with Crippen molar-refractivity contribution < 1.29 is 0 Å². The highest BCUT2D eigenvalue weighted by Crippen LogP contribution is 2.16. The van der Waals surface area contributed by atoms with Crippen LogP contribution in [-0.4, -0.2) is 16.0 Å². The van der Waals surface area contributed by atoms with Gasteiger partial charge < -0.3 is 5.73 Å². The van der Waals surface area contributed by atoms with E-state index in [0.29, 0.717) is 0 Å². The number of nitrogens with zero attached hydrogens (tertiary/aromatic N) is 2. The van der Waals surface area contributed by atoms with Crippen LogP contribution >= 0.6 is 0 Å². The lowest BCUT2D eigenvalue weighted by atomic mass is 9.99. The summed E-state index contributed by atoms with van der Waals surface area (Å²) in [6.45, 7) is 8.15. The first-order chi connectivity index (χ1) is 6.54. The molecule has 0 saturated heterocycles. The molecule has 0 spiro atoms. The molecule has 1 rings (SSSR count). The SMILES string of the molecule is CCC(N)C(C)c1nc(C)cc(C)n1. The van der Waals surface area contributed by atoms with Gasteiger partial charge in [0.05, 0.1) is 0 Å². The number of rotatable bonds is 3. The minimum Gasteiger partial charge on any atom is -0.327 e. The fourth-order valence-corrected chi connectivity index (χ4v) is 1.50. The Kier molecular flexibility index (Phi) is 3.58. The molecule has 1 heterocycles. The Morgan fingerprint density at radius 2 is 1.79 bits per heavy atom. The van der Waals surface area contributed by atoms with Gasteiger partial charge in [0, 0.05) is 23.3 Å². The molecule has 0 aliphatic carbocycles. The van der Waals surface area contributed by atoms with E-state index >= 15 is 0 Å². The monoisotopic (exact) mass is 193 g/mol. The summed E-state index contributed by atoms with van der Waals surface area (Å²) in [5.41, 5.74) is 8.00. The maximum Gasteiger partial charge on any atom is 0.133 e. The number of aromatic nitrogens is 2. The first kappa shape index (κ1) is 11.1. The van der Waals surface area contributed by atoms with Crippen LogP contribution in [0.1, 0.15) is 43.4 Å². The van der Waals surface area contributed by atoms with Gasteiger partial charge in [0.25, 0.3) is 0 Å². The summed E-state index contributed by atoms with van der Waals surface area (Å²) >= 11 is 0. The number of hydrogen-bond donors (Lipinski definition) is 1. The van der Waals surface area contributed by atoms with Crippen LogP contribution in [0, 0.1) is 13.8 Å². The third-order valence-corrected chi connectivity index (χ3v) is 2.52. The second-order valence-corrected chi connectivity index (χ2v) is 3.87. The van der Waals surface area contributed by atoms with Gasteiger partial charge in [0.15, 0.2) is 0 Å². The molecule has 2 unspecified atom stereocenters. The quantitative estimate of drug-likeness (QED) is 0.798. The van der Waals surface area contributed by atoms with E-state index < -0.39 is 0 Å². The van der Waals surface area contributed by atoms with E-state index in [9.17, 15) is 0 Å². The largest absolute Gasteiger partial charge is 0.327 e. The first-order valence-corrected chi connectivity index (χ1v) is 5.12. The van der Waals surface area contributed by atoms with Gasteiger partial charge >= 0.3 is 0 Å². The van der Waals surface area contributed by atoms with E-state index in [1.165, 1.54) is 0 Å². The second-order valence-electron chi connectivity index (χ2n) is 3.87. The fraction of sp³-hybridized carbons (Fsp3) is 0.636. The zero-order valence-electron chi connectivity index (χ0n) is 9.41. The Hall–Kier alpha value is -0.960. The molecule has 1 aromatic heterocycles. The van der Waals surface area contributed by atoms with Crippen LogP contribution < -0.4 is 5.73 Å². The van der Waals surface area contributed by atoms with Crippen molar-refractivity contribution in [2.45, 2.75) is 46.1 Å². The van der Waals surface area contributed by atoms with Crippen molar-refractivity contribution in [2.75, 3.05) is 0 Å². The average Bonchev–Trinajstić information content (AvgIpc) is 2.14. The van der Waals surface area contributed by atoms with Crippen LogP contribution in [0.4, 0.5) is 0 Å². The predicted octanol–water partition coefficient (Wildman–Crippen LogP) is 1.93. The van der Waals surface area contributed by atoms with Gasteiger partial charge in [-0.25, -0.2) is 9.97 Å². The van der Waals surface area contributed by atoms with Crippen LogP contribution in [0.5, 0.6) is 0 Å². The summed E-state index contributed by atoms with van der Waals surface area (Å²) in [6, 6.07) is 2.13. The summed E-state index contributed by atoms with van der Waals surface area (Å²) in [5, 5.41) is 0. The van der Waals surface area contributed by atoms with Gasteiger partial charge in [-0.3, -0.25) is 0 Å². The number of aryl methyl sites for hydroxylation is 2. The Labute approximate surface area is 85.8 Å². The summed E-state index contributed by atoms with van der Waals surface area (Å²) < 4.78 is 0. The van der Waals surface area contributed by atoms with Crippen LogP contribution in [0.15, 0.2) is 6.07 Å². The van der Waals surface area contributed by atoms with Gasteiger partial charge in [-0.05, 0) is 26.3 Å². The van der Waals surface area contributed by atoms with Gasteiger partial charge in [-0.1, -0.05) is 13.8 Å². The van der Waals surface area contributed by atoms with Gasteiger partial charge in [0.2, 0.25) is 0 Å². The van der Waals surface area contributed by atoms with Crippen LogP contribution in [0.3, 0.4) is 0 Å². The van der Waals surface area contributed by atoms with E-state index in [1.807, 2.05) is 19.9 Å². The lowest BCUT2D eigenvalue weighted by Crippen LogP contribution is -2.27. The van der Waals surface area contributed by atoms with Crippen molar-refractivity contribution in [1.29, 1.82) is 0 Å². The standard InChI is InChI=1S/C11H19N3/c1-5-10(12)9(4)11-13-7(2)6-8(3)14-11/h6,9-10H,5,12H2,1-4H3. The highest BCUT2D eigenvalue weighted by Gasteiger charge is 2.16. The molecule has 0 bridgehead atoms. The predicted molar refractivity (Wildman–Crippen MR) is 58.2 cm³/mol. The number of nitrogens with two attached hydrogens (primary N) is 1. The molecule has 0 saturated carbocycles. The zero-order valence-corrected chi connectivity index (χ0v) is 9.41. The first-order valence-electron chi connectivity index (χ1n) is 5.12. The fourth-order valence-electron chi connectivity index (χ4n) is 1.50. The summed E-state index contributed by atoms with van der Waals surface area (Å²) in [4.78, 5) is 8.82. The Morgan fingerprint density at radius 1 is 1.29 bits per heavy atom. The molecule has 78 valence electrons. The smallest absolute Gasteiger partial charge is 0.133 e. The van der Waals surface area contributed by atoms with Crippen LogP contribution in [0.25, 0.3) is 0 Å². The normalized spacial score (nSPS) is 15.2. The van der Waals surface area contributed by atoms with E-state index in [-0.39, 0.29) is 12.0 Å². The highest BCUT2D eigenvalue weighted by atomic mass is 14.9. The highest BCUT2D eigenvalue weighted by molar-refractivity contribution is 5.11. The Bertz CT molecular complexity index is 289. The molecular formula is C11H19N3. The van der Waals surface area contributed by atoms with E-state index in [2.05, 4.69) is 23.8 Å². The molecule has 2 N–H and O–H groups in total. The molecule has 0 aromatic carbocycles. The zero-order chi connectivity index (χ0) is 10.7.